The van der Waals surface area contributed by atoms with Crippen LogP contribution in [0.15, 0.2) is 42.6 Å². The Labute approximate surface area is 165 Å². The quantitative estimate of drug-likeness (QED) is 0.485. The highest BCUT2D eigenvalue weighted by molar-refractivity contribution is 7.18. The fraction of sp³-hybridized carbons (Fsp3) is 0.316. The van der Waals surface area contributed by atoms with Crippen molar-refractivity contribution >= 4 is 39.0 Å². The van der Waals surface area contributed by atoms with Crippen LogP contribution in [-0.4, -0.2) is 51.9 Å². The van der Waals surface area contributed by atoms with E-state index in [-0.39, 0.29) is 11.6 Å². The van der Waals surface area contributed by atoms with Gasteiger partial charge in [0.2, 0.25) is 5.91 Å². The van der Waals surface area contributed by atoms with Crippen molar-refractivity contribution < 1.29 is 9.72 Å². The van der Waals surface area contributed by atoms with Crippen molar-refractivity contribution in [3.63, 3.8) is 0 Å². The topological polar surface area (TPSA) is 92.5 Å². The van der Waals surface area contributed by atoms with Crippen LogP contribution < -0.4 is 4.90 Å². The fourth-order valence-corrected chi connectivity index (χ4v) is 4.22. The Kier molecular flexibility index (Phi) is 5.16. The molecule has 144 valence electrons. The van der Waals surface area contributed by atoms with E-state index < -0.39 is 4.92 Å². The maximum Gasteiger partial charge on any atom is 0.287 e. The summed E-state index contributed by atoms with van der Waals surface area (Å²) >= 11 is 1.64. The van der Waals surface area contributed by atoms with E-state index in [1.54, 1.807) is 17.4 Å². The monoisotopic (exact) mass is 397 g/mol. The fourth-order valence-electron chi connectivity index (χ4n) is 3.26. The molecule has 0 bridgehead atoms. The third-order valence-corrected chi connectivity index (χ3v) is 5.89. The molecule has 1 amide bonds. The summed E-state index contributed by atoms with van der Waals surface area (Å²) in [4.78, 5) is 35.5. The lowest BCUT2D eigenvalue weighted by molar-refractivity contribution is -0.385. The molecule has 9 heteroatoms. The Morgan fingerprint density at radius 2 is 1.93 bits per heavy atom. The zero-order valence-electron chi connectivity index (χ0n) is 15.2. The minimum Gasteiger partial charge on any atom is -0.353 e. The molecule has 0 spiro atoms. The van der Waals surface area contributed by atoms with E-state index >= 15 is 0 Å². The highest BCUT2D eigenvalue weighted by Gasteiger charge is 2.22. The summed E-state index contributed by atoms with van der Waals surface area (Å²) in [5, 5.41) is 11.7. The van der Waals surface area contributed by atoms with Gasteiger partial charge in [-0.2, -0.15) is 0 Å². The van der Waals surface area contributed by atoms with Crippen molar-refractivity contribution in [1.82, 2.24) is 14.9 Å². The standard InChI is InChI=1S/C19H19N5O3S/c25-19(8-7-18-21-15-3-1-2-4-16(15)28-18)23-11-9-22(10-12-23)17-6-5-14(13-20-17)24(26)27/h1-6,13H,7-12H2. The second-order valence-corrected chi connectivity index (χ2v) is 7.69. The molecule has 1 aromatic carbocycles. The molecule has 0 N–H and O–H groups in total. The predicted molar refractivity (Wildman–Crippen MR) is 108 cm³/mol. The van der Waals surface area contributed by atoms with Gasteiger partial charge in [0, 0.05) is 45.1 Å². The predicted octanol–water partition coefficient (Wildman–Crippen LogP) is 2.88. The number of nitrogens with zero attached hydrogens (tertiary/aromatic N) is 5. The number of carbonyl (C=O) groups is 1. The SMILES string of the molecule is O=C(CCc1nc2ccccc2s1)N1CCN(c2ccc([N+](=O)[O-])cn2)CC1. The van der Waals surface area contributed by atoms with Gasteiger partial charge in [0.15, 0.2) is 0 Å². The van der Waals surface area contributed by atoms with Gasteiger partial charge in [-0.05, 0) is 18.2 Å². The van der Waals surface area contributed by atoms with Crippen LogP contribution in [0.4, 0.5) is 11.5 Å². The first kappa shape index (κ1) is 18.3. The minimum atomic E-state index is -0.460. The van der Waals surface area contributed by atoms with Gasteiger partial charge < -0.3 is 9.80 Å². The summed E-state index contributed by atoms with van der Waals surface area (Å²) in [5.74, 6) is 0.836. The molecule has 0 aliphatic carbocycles. The average Bonchev–Trinajstić information content (AvgIpc) is 3.15. The van der Waals surface area contributed by atoms with Gasteiger partial charge in [-0.25, -0.2) is 9.97 Å². The van der Waals surface area contributed by atoms with Gasteiger partial charge in [-0.15, -0.1) is 11.3 Å². The maximum atomic E-state index is 12.5. The first-order chi connectivity index (χ1) is 13.6. The summed E-state index contributed by atoms with van der Waals surface area (Å²) in [7, 11) is 0. The number of pyridine rings is 1. The molecule has 3 heterocycles. The van der Waals surface area contributed by atoms with Crippen LogP contribution in [0.1, 0.15) is 11.4 Å². The van der Waals surface area contributed by atoms with Crippen molar-refractivity contribution in [2.24, 2.45) is 0 Å². The van der Waals surface area contributed by atoms with Crippen molar-refractivity contribution in [3.8, 4) is 0 Å². The number of piperazine rings is 1. The van der Waals surface area contributed by atoms with Gasteiger partial charge >= 0.3 is 0 Å². The van der Waals surface area contributed by atoms with E-state index in [2.05, 4.69) is 9.97 Å². The number of thiazole rings is 1. The van der Waals surface area contributed by atoms with Crippen LogP contribution in [0.3, 0.4) is 0 Å². The number of nitro groups is 1. The molecular formula is C19H19N5O3S. The van der Waals surface area contributed by atoms with Crippen molar-refractivity contribution in [2.45, 2.75) is 12.8 Å². The summed E-state index contributed by atoms with van der Waals surface area (Å²) < 4.78 is 1.15. The number of benzene rings is 1. The smallest absolute Gasteiger partial charge is 0.287 e. The molecular weight excluding hydrogens is 378 g/mol. The zero-order valence-corrected chi connectivity index (χ0v) is 16.0. The summed E-state index contributed by atoms with van der Waals surface area (Å²) in [5.41, 5.74) is 0.964. The number of rotatable bonds is 5. The van der Waals surface area contributed by atoms with Gasteiger partial charge in [0.05, 0.1) is 20.1 Å². The number of aryl methyl sites for hydroxylation is 1. The van der Waals surface area contributed by atoms with Crippen LogP contribution >= 0.6 is 11.3 Å². The molecule has 1 saturated heterocycles. The van der Waals surface area contributed by atoms with E-state index in [4.69, 9.17) is 0 Å². The highest BCUT2D eigenvalue weighted by atomic mass is 32.1. The maximum absolute atomic E-state index is 12.5. The molecule has 2 aromatic heterocycles. The van der Waals surface area contributed by atoms with Gasteiger partial charge in [0.1, 0.15) is 12.0 Å². The molecule has 1 aliphatic heterocycles. The van der Waals surface area contributed by atoms with Crippen LogP contribution in [0.25, 0.3) is 10.2 Å². The van der Waals surface area contributed by atoms with Crippen LogP contribution in [0.5, 0.6) is 0 Å². The Hall–Kier alpha value is -3.07. The normalized spacial score (nSPS) is 14.4. The number of para-hydroxylation sites is 1. The first-order valence-corrected chi connectivity index (χ1v) is 9.89. The molecule has 0 unspecified atom stereocenters. The number of carbonyl (C=O) groups excluding carboxylic acids is 1. The highest BCUT2D eigenvalue weighted by Crippen LogP contribution is 2.23. The lowest BCUT2D eigenvalue weighted by atomic mass is 10.2. The number of hydrogen-bond donors (Lipinski definition) is 0. The van der Waals surface area contributed by atoms with Gasteiger partial charge in [-0.3, -0.25) is 14.9 Å². The van der Waals surface area contributed by atoms with Crippen molar-refractivity contribution in [3.05, 3.63) is 57.7 Å². The van der Waals surface area contributed by atoms with E-state index in [0.717, 1.165) is 15.2 Å². The van der Waals surface area contributed by atoms with Crippen molar-refractivity contribution in [2.75, 3.05) is 31.1 Å². The van der Waals surface area contributed by atoms with Crippen molar-refractivity contribution in [1.29, 1.82) is 0 Å². The third-order valence-electron chi connectivity index (χ3n) is 4.79. The Bertz CT molecular complexity index is 963. The lowest BCUT2D eigenvalue weighted by Crippen LogP contribution is -2.49. The Balaban J connectivity index is 1.29. The number of fused-ring (bicyclic) bond motifs is 1. The summed E-state index contributed by atoms with van der Waals surface area (Å²) in [6.45, 7) is 2.57. The molecule has 0 atom stereocenters. The van der Waals surface area contributed by atoms with E-state index in [0.29, 0.717) is 44.8 Å². The molecule has 1 fully saturated rings. The molecule has 4 rings (SSSR count). The van der Waals surface area contributed by atoms with Crippen LogP contribution in [-0.2, 0) is 11.2 Å². The first-order valence-electron chi connectivity index (χ1n) is 9.08. The number of amides is 1. The molecule has 8 nitrogen and oxygen atoms in total. The Morgan fingerprint density at radius 1 is 1.14 bits per heavy atom. The Morgan fingerprint density at radius 3 is 2.61 bits per heavy atom. The van der Waals surface area contributed by atoms with E-state index in [1.807, 2.05) is 34.1 Å². The number of aromatic nitrogens is 2. The molecule has 3 aromatic rings. The van der Waals surface area contributed by atoms with Crippen LogP contribution in [0, 0.1) is 10.1 Å². The van der Waals surface area contributed by atoms with Crippen LogP contribution in [0.2, 0.25) is 0 Å². The minimum absolute atomic E-state index is 0.0209. The van der Waals surface area contributed by atoms with E-state index in [9.17, 15) is 14.9 Å². The molecule has 28 heavy (non-hydrogen) atoms. The molecule has 1 aliphatic rings. The summed E-state index contributed by atoms with van der Waals surface area (Å²) in [6, 6.07) is 11.1. The van der Waals surface area contributed by atoms with Gasteiger partial charge in [0.25, 0.3) is 5.69 Å². The average molecular weight is 397 g/mol. The second kappa shape index (κ2) is 7.89. The van der Waals surface area contributed by atoms with E-state index in [1.165, 1.54) is 12.3 Å². The molecule has 0 radical (unpaired) electrons. The number of hydrogen-bond acceptors (Lipinski definition) is 7. The largest absolute Gasteiger partial charge is 0.353 e. The number of anilines is 1. The zero-order chi connectivity index (χ0) is 19.5. The third kappa shape index (κ3) is 3.94. The second-order valence-electron chi connectivity index (χ2n) is 6.57. The van der Waals surface area contributed by atoms with Gasteiger partial charge in [-0.1, -0.05) is 12.1 Å². The summed E-state index contributed by atoms with van der Waals surface area (Å²) in [6.07, 6.45) is 2.38. The molecule has 0 saturated carbocycles. The lowest BCUT2D eigenvalue weighted by Gasteiger charge is -2.35.